The fraction of sp³-hybridized carbons (Fsp3) is 0.364. The fourth-order valence-electron chi connectivity index (χ4n) is 1.53. The molecule has 19 heavy (non-hydrogen) atoms. The number of benzene rings is 1. The van der Waals surface area contributed by atoms with Crippen LogP contribution in [0.3, 0.4) is 0 Å². The minimum absolute atomic E-state index is 0.0114. The van der Waals surface area contributed by atoms with Crippen molar-refractivity contribution in [2.75, 3.05) is 18.8 Å². The van der Waals surface area contributed by atoms with Crippen LogP contribution in [0.25, 0.3) is 0 Å². The van der Waals surface area contributed by atoms with Crippen molar-refractivity contribution in [3.8, 4) is 6.07 Å². The van der Waals surface area contributed by atoms with Crippen LogP contribution in [0.1, 0.15) is 13.3 Å². The molecule has 0 atom stereocenters. The number of nitriles is 1. The van der Waals surface area contributed by atoms with Gasteiger partial charge in [-0.2, -0.15) is 9.57 Å². The third-order valence-electron chi connectivity index (χ3n) is 2.48. The molecule has 0 fully saturated rings. The zero-order valence-electron chi connectivity index (χ0n) is 10.2. The predicted octanol–water partition coefficient (Wildman–Crippen LogP) is 2.61. The van der Waals surface area contributed by atoms with Crippen LogP contribution >= 0.6 is 27.5 Å². The summed E-state index contributed by atoms with van der Waals surface area (Å²) in [6.07, 6.45) is 0.126. The van der Waals surface area contributed by atoms with Crippen LogP contribution in [0.15, 0.2) is 21.5 Å². The Morgan fingerprint density at radius 1 is 1.53 bits per heavy atom. The second-order valence-corrected chi connectivity index (χ2v) is 6.85. The molecule has 0 spiro atoms. The second kappa shape index (κ2) is 6.57. The van der Waals surface area contributed by atoms with Gasteiger partial charge in [0, 0.05) is 30.2 Å². The van der Waals surface area contributed by atoms with Gasteiger partial charge in [-0.3, -0.25) is 0 Å². The van der Waals surface area contributed by atoms with Crippen molar-refractivity contribution in [1.82, 2.24) is 4.31 Å². The van der Waals surface area contributed by atoms with Gasteiger partial charge >= 0.3 is 0 Å². The van der Waals surface area contributed by atoms with E-state index >= 15 is 0 Å². The molecule has 0 unspecified atom stereocenters. The Morgan fingerprint density at radius 3 is 2.68 bits per heavy atom. The molecule has 0 amide bonds. The highest BCUT2D eigenvalue weighted by atomic mass is 79.9. The molecule has 0 saturated carbocycles. The molecule has 0 aliphatic heterocycles. The summed E-state index contributed by atoms with van der Waals surface area (Å²) in [7, 11) is -3.73. The fourth-order valence-corrected chi connectivity index (χ4v) is 4.24. The minimum atomic E-state index is -3.73. The number of nitrogens with two attached hydrogens (primary N) is 1. The molecule has 0 aliphatic rings. The Balaban J connectivity index is 3.30. The zero-order chi connectivity index (χ0) is 14.6. The zero-order valence-corrected chi connectivity index (χ0v) is 13.4. The number of sulfonamides is 1. The van der Waals surface area contributed by atoms with Crippen molar-refractivity contribution in [1.29, 1.82) is 5.26 Å². The minimum Gasteiger partial charge on any atom is -0.398 e. The summed E-state index contributed by atoms with van der Waals surface area (Å²) in [6.45, 7) is 2.10. The van der Waals surface area contributed by atoms with E-state index in [1.54, 1.807) is 6.92 Å². The van der Waals surface area contributed by atoms with Crippen LogP contribution in [0.2, 0.25) is 5.02 Å². The number of nitrogen functional groups attached to an aromatic ring is 1. The SMILES string of the molecule is CCN(CCC#N)S(=O)(=O)c1cc(Cl)cc(N)c1Br. The lowest BCUT2D eigenvalue weighted by atomic mass is 10.3. The molecule has 0 aromatic heterocycles. The summed E-state index contributed by atoms with van der Waals surface area (Å²) >= 11 is 9.01. The number of hydrogen-bond donors (Lipinski definition) is 1. The smallest absolute Gasteiger partial charge is 0.244 e. The third-order valence-corrected chi connectivity index (χ3v) is 5.84. The van der Waals surface area contributed by atoms with Gasteiger partial charge < -0.3 is 5.73 Å². The topological polar surface area (TPSA) is 87.2 Å². The molecular weight excluding hydrogens is 354 g/mol. The summed E-state index contributed by atoms with van der Waals surface area (Å²) in [5.74, 6) is 0. The highest BCUT2D eigenvalue weighted by Crippen LogP contribution is 2.33. The molecule has 1 aromatic carbocycles. The van der Waals surface area contributed by atoms with E-state index < -0.39 is 10.0 Å². The highest BCUT2D eigenvalue weighted by molar-refractivity contribution is 9.10. The average molecular weight is 367 g/mol. The van der Waals surface area contributed by atoms with Crippen LogP contribution in [0, 0.1) is 11.3 Å². The maximum absolute atomic E-state index is 12.5. The van der Waals surface area contributed by atoms with Gasteiger partial charge in [0.1, 0.15) is 0 Å². The Kier molecular flexibility index (Phi) is 5.62. The Bertz CT molecular complexity index is 613. The van der Waals surface area contributed by atoms with E-state index in [1.807, 2.05) is 6.07 Å². The lowest BCUT2D eigenvalue weighted by Crippen LogP contribution is -2.32. The van der Waals surface area contributed by atoms with Gasteiger partial charge in [-0.25, -0.2) is 8.42 Å². The quantitative estimate of drug-likeness (QED) is 0.811. The van der Waals surface area contributed by atoms with Crippen LogP contribution in [0.4, 0.5) is 5.69 Å². The Hall–Kier alpha value is -0.810. The monoisotopic (exact) mass is 365 g/mol. The van der Waals surface area contributed by atoms with Gasteiger partial charge in [-0.1, -0.05) is 18.5 Å². The lowest BCUT2D eigenvalue weighted by Gasteiger charge is -2.20. The molecule has 1 rings (SSSR count). The second-order valence-electron chi connectivity index (χ2n) is 3.71. The molecule has 8 heteroatoms. The molecule has 2 N–H and O–H groups in total. The molecule has 1 aromatic rings. The predicted molar refractivity (Wildman–Crippen MR) is 78.2 cm³/mol. The van der Waals surface area contributed by atoms with Gasteiger partial charge in [-0.05, 0) is 28.1 Å². The van der Waals surface area contributed by atoms with Gasteiger partial charge in [0.15, 0.2) is 0 Å². The van der Waals surface area contributed by atoms with Crippen molar-refractivity contribution in [2.24, 2.45) is 0 Å². The first-order chi connectivity index (χ1) is 8.84. The van der Waals surface area contributed by atoms with Gasteiger partial charge in [0.2, 0.25) is 10.0 Å². The Morgan fingerprint density at radius 2 is 2.16 bits per heavy atom. The number of anilines is 1. The van der Waals surface area contributed by atoms with Crippen molar-refractivity contribution < 1.29 is 8.42 Å². The first-order valence-electron chi connectivity index (χ1n) is 5.46. The molecular formula is C11H13BrClN3O2S. The molecule has 0 saturated heterocycles. The largest absolute Gasteiger partial charge is 0.398 e. The van der Waals surface area contributed by atoms with E-state index in [-0.39, 0.29) is 39.6 Å². The molecule has 104 valence electrons. The van der Waals surface area contributed by atoms with E-state index in [0.29, 0.717) is 0 Å². The van der Waals surface area contributed by atoms with Crippen molar-refractivity contribution in [3.63, 3.8) is 0 Å². The van der Waals surface area contributed by atoms with E-state index in [1.165, 1.54) is 16.4 Å². The molecule has 0 bridgehead atoms. The highest BCUT2D eigenvalue weighted by Gasteiger charge is 2.26. The van der Waals surface area contributed by atoms with E-state index in [9.17, 15) is 8.42 Å². The van der Waals surface area contributed by atoms with Crippen LogP contribution < -0.4 is 5.73 Å². The molecule has 5 nitrogen and oxygen atoms in total. The number of halogens is 2. The first kappa shape index (κ1) is 16.2. The maximum atomic E-state index is 12.5. The summed E-state index contributed by atoms with van der Waals surface area (Å²) in [5, 5.41) is 8.81. The summed E-state index contributed by atoms with van der Waals surface area (Å²) in [4.78, 5) is 0.0114. The van der Waals surface area contributed by atoms with Crippen LogP contribution in [-0.2, 0) is 10.0 Å². The standard InChI is InChI=1S/C11H13BrClN3O2S/c1-2-16(5-3-4-14)19(17,18)10-7-8(13)6-9(15)11(10)12/h6-7H,2-3,5,15H2,1H3. The van der Waals surface area contributed by atoms with Crippen molar-refractivity contribution >= 4 is 43.2 Å². The van der Waals surface area contributed by atoms with E-state index in [2.05, 4.69) is 15.9 Å². The first-order valence-corrected chi connectivity index (χ1v) is 8.07. The summed E-state index contributed by atoms with van der Waals surface area (Å²) in [6, 6.07) is 4.73. The summed E-state index contributed by atoms with van der Waals surface area (Å²) in [5.41, 5.74) is 5.95. The van der Waals surface area contributed by atoms with E-state index in [4.69, 9.17) is 22.6 Å². The number of hydrogen-bond acceptors (Lipinski definition) is 4. The van der Waals surface area contributed by atoms with Crippen molar-refractivity contribution in [2.45, 2.75) is 18.2 Å². The third kappa shape index (κ3) is 3.60. The molecule has 0 heterocycles. The number of rotatable bonds is 5. The van der Waals surface area contributed by atoms with Gasteiger partial charge in [0.25, 0.3) is 0 Å². The molecule has 0 radical (unpaired) electrons. The summed E-state index contributed by atoms with van der Waals surface area (Å²) < 4.78 is 26.4. The number of nitrogens with zero attached hydrogens (tertiary/aromatic N) is 2. The average Bonchev–Trinajstić information content (AvgIpc) is 2.34. The molecule has 0 aliphatic carbocycles. The normalized spacial score (nSPS) is 11.5. The van der Waals surface area contributed by atoms with Crippen molar-refractivity contribution in [3.05, 3.63) is 21.6 Å². The van der Waals surface area contributed by atoms with Crippen LogP contribution in [-0.4, -0.2) is 25.8 Å². The van der Waals surface area contributed by atoms with E-state index in [0.717, 1.165) is 0 Å². The Labute approximate surface area is 126 Å². The van der Waals surface area contributed by atoms with Gasteiger partial charge in [0.05, 0.1) is 15.4 Å². The maximum Gasteiger partial charge on any atom is 0.244 e. The van der Waals surface area contributed by atoms with Gasteiger partial charge in [-0.15, -0.1) is 0 Å². The van der Waals surface area contributed by atoms with Crippen LogP contribution in [0.5, 0.6) is 0 Å². The lowest BCUT2D eigenvalue weighted by molar-refractivity contribution is 0.434.